The molecule has 0 spiro atoms. The molecule has 7 heteroatoms. The minimum absolute atomic E-state index is 0.183. The minimum Gasteiger partial charge on any atom is -0.483 e. The molecule has 34 heavy (non-hydrogen) atoms. The number of hydrogen-bond acceptors (Lipinski definition) is 3. The molecule has 0 unspecified atom stereocenters. The fraction of sp³-hybridized carbons (Fsp3) is 0.259. The Kier molecular flexibility index (Phi) is 9.54. The summed E-state index contributed by atoms with van der Waals surface area (Å²) < 4.78 is 6.64. The summed E-state index contributed by atoms with van der Waals surface area (Å²) in [6.07, 6.45) is 1.27. The molecule has 2 amide bonds. The summed E-state index contributed by atoms with van der Waals surface area (Å²) in [6, 6.07) is 22.0. The van der Waals surface area contributed by atoms with E-state index in [1.54, 1.807) is 18.0 Å². The maximum Gasteiger partial charge on any atom is 0.261 e. The van der Waals surface area contributed by atoms with Gasteiger partial charge >= 0.3 is 0 Å². The van der Waals surface area contributed by atoms with Crippen LogP contribution in [0, 0.1) is 0 Å². The molecule has 1 atom stereocenters. The summed E-state index contributed by atoms with van der Waals surface area (Å²) in [5.41, 5.74) is 2.87. The molecule has 0 aliphatic carbocycles. The van der Waals surface area contributed by atoms with Crippen LogP contribution in [0.1, 0.15) is 23.6 Å². The lowest BCUT2D eigenvalue weighted by molar-refractivity contribution is -0.142. The quantitative estimate of drug-likeness (QED) is 0.371. The zero-order valence-corrected chi connectivity index (χ0v) is 21.6. The number of nitrogens with zero attached hydrogens (tertiary/aromatic N) is 1. The van der Waals surface area contributed by atoms with Gasteiger partial charge in [0.2, 0.25) is 5.91 Å². The zero-order valence-electron chi connectivity index (χ0n) is 19.3. The van der Waals surface area contributed by atoms with Crippen LogP contribution in [0.3, 0.4) is 0 Å². The third-order valence-electron chi connectivity index (χ3n) is 5.57. The highest BCUT2D eigenvalue weighted by Crippen LogP contribution is 2.27. The highest BCUT2D eigenvalue weighted by Gasteiger charge is 2.30. The molecule has 3 aromatic carbocycles. The van der Waals surface area contributed by atoms with Crippen LogP contribution in [0.2, 0.25) is 5.02 Å². The number of hydrogen-bond donors (Lipinski definition) is 1. The molecule has 3 rings (SSSR count). The van der Waals surface area contributed by atoms with E-state index in [-0.39, 0.29) is 25.0 Å². The Morgan fingerprint density at radius 1 is 1.03 bits per heavy atom. The third-order valence-corrected chi connectivity index (χ3v) is 6.56. The maximum atomic E-state index is 13.5. The number of carbonyl (C=O) groups excluding carboxylic acids is 2. The number of likely N-dealkylation sites (N-methyl/N-ethyl adjacent to an activating group) is 1. The molecule has 0 aliphatic rings. The van der Waals surface area contributed by atoms with E-state index in [1.807, 2.05) is 66.7 Å². The van der Waals surface area contributed by atoms with E-state index in [4.69, 9.17) is 16.3 Å². The standard InChI is InChI=1S/C27H28BrClN2O3/c1-3-19-13-14-25(22(28)15-19)34-18-26(32)31(17-21-11-7-8-12-23(21)29)24(27(33)30-2)16-20-9-5-4-6-10-20/h4-15,24H,3,16-18H2,1-2H3,(H,30,33)/t24-/m0/s1. The van der Waals surface area contributed by atoms with Gasteiger partial charge in [0.05, 0.1) is 4.47 Å². The summed E-state index contributed by atoms with van der Waals surface area (Å²) in [5, 5.41) is 3.24. The summed E-state index contributed by atoms with van der Waals surface area (Å²) in [7, 11) is 1.57. The molecule has 0 saturated heterocycles. The lowest BCUT2D eigenvalue weighted by atomic mass is 10.0. The topological polar surface area (TPSA) is 58.6 Å². The predicted molar refractivity (Wildman–Crippen MR) is 139 cm³/mol. The molecular weight excluding hydrogens is 516 g/mol. The van der Waals surface area contributed by atoms with Crippen molar-refractivity contribution in [2.24, 2.45) is 0 Å². The molecule has 3 aromatic rings. The van der Waals surface area contributed by atoms with Crippen molar-refractivity contribution in [2.45, 2.75) is 32.4 Å². The molecule has 5 nitrogen and oxygen atoms in total. The molecular formula is C27H28BrClN2O3. The van der Waals surface area contributed by atoms with Gasteiger partial charge in [-0.3, -0.25) is 9.59 Å². The highest BCUT2D eigenvalue weighted by molar-refractivity contribution is 9.10. The molecule has 0 aliphatic heterocycles. The molecule has 1 N–H and O–H groups in total. The molecule has 0 heterocycles. The van der Waals surface area contributed by atoms with Crippen LogP contribution in [-0.2, 0) is 29.0 Å². The Bertz CT molecular complexity index is 1120. The lowest BCUT2D eigenvalue weighted by Crippen LogP contribution is -2.51. The number of carbonyl (C=O) groups is 2. The average molecular weight is 544 g/mol. The first-order valence-electron chi connectivity index (χ1n) is 11.1. The number of benzene rings is 3. The van der Waals surface area contributed by atoms with Crippen LogP contribution in [0.5, 0.6) is 5.75 Å². The van der Waals surface area contributed by atoms with Gasteiger partial charge in [0.25, 0.3) is 5.91 Å². The van der Waals surface area contributed by atoms with Gasteiger partial charge in [-0.15, -0.1) is 0 Å². The van der Waals surface area contributed by atoms with Crippen molar-refractivity contribution in [3.8, 4) is 5.75 Å². The summed E-state index contributed by atoms with van der Waals surface area (Å²) in [4.78, 5) is 28.0. The van der Waals surface area contributed by atoms with Gasteiger partial charge in [-0.25, -0.2) is 0 Å². The second-order valence-corrected chi connectivity index (χ2v) is 9.10. The first-order valence-corrected chi connectivity index (χ1v) is 12.3. The SMILES string of the molecule is CCc1ccc(OCC(=O)N(Cc2ccccc2Cl)[C@@H](Cc2ccccc2)C(=O)NC)c(Br)c1. The lowest BCUT2D eigenvalue weighted by Gasteiger charge is -2.31. The Labute approximate surface area is 214 Å². The monoisotopic (exact) mass is 542 g/mol. The van der Waals surface area contributed by atoms with E-state index < -0.39 is 6.04 Å². The molecule has 0 bridgehead atoms. The van der Waals surface area contributed by atoms with E-state index in [2.05, 4.69) is 28.2 Å². The maximum absolute atomic E-state index is 13.5. The normalized spacial score (nSPS) is 11.5. The van der Waals surface area contributed by atoms with Gasteiger partial charge in [0.15, 0.2) is 6.61 Å². The van der Waals surface area contributed by atoms with Crippen LogP contribution < -0.4 is 10.1 Å². The Hall–Kier alpha value is -2.83. The van der Waals surface area contributed by atoms with Crippen molar-refractivity contribution < 1.29 is 14.3 Å². The van der Waals surface area contributed by atoms with Crippen LogP contribution in [-0.4, -0.2) is 36.4 Å². The van der Waals surface area contributed by atoms with Gasteiger partial charge in [-0.2, -0.15) is 0 Å². The Morgan fingerprint density at radius 3 is 2.38 bits per heavy atom. The van der Waals surface area contributed by atoms with E-state index in [0.29, 0.717) is 17.2 Å². The van der Waals surface area contributed by atoms with Crippen molar-refractivity contribution in [3.63, 3.8) is 0 Å². The van der Waals surface area contributed by atoms with Crippen molar-refractivity contribution in [2.75, 3.05) is 13.7 Å². The van der Waals surface area contributed by atoms with Crippen LogP contribution in [0.4, 0.5) is 0 Å². The molecule has 0 fully saturated rings. The molecule has 0 radical (unpaired) electrons. The van der Waals surface area contributed by atoms with Gasteiger partial charge in [0.1, 0.15) is 11.8 Å². The fourth-order valence-corrected chi connectivity index (χ4v) is 4.37. The van der Waals surface area contributed by atoms with Gasteiger partial charge in [0, 0.05) is 25.0 Å². The highest BCUT2D eigenvalue weighted by atomic mass is 79.9. The van der Waals surface area contributed by atoms with Crippen molar-refractivity contribution in [3.05, 3.63) is 99.0 Å². The zero-order chi connectivity index (χ0) is 24.5. The summed E-state index contributed by atoms with van der Waals surface area (Å²) in [5.74, 6) is 0.0106. The molecule has 178 valence electrons. The van der Waals surface area contributed by atoms with Gasteiger partial charge < -0.3 is 15.0 Å². The van der Waals surface area contributed by atoms with Crippen LogP contribution in [0.15, 0.2) is 77.3 Å². The van der Waals surface area contributed by atoms with E-state index in [0.717, 1.165) is 27.6 Å². The average Bonchev–Trinajstić information content (AvgIpc) is 2.86. The summed E-state index contributed by atoms with van der Waals surface area (Å²) >= 11 is 9.91. The van der Waals surface area contributed by atoms with Gasteiger partial charge in [-0.1, -0.05) is 73.1 Å². The second kappa shape index (κ2) is 12.6. The van der Waals surface area contributed by atoms with Crippen LogP contribution >= 0.6 is 27.5 Å². The molecule has 0 aromatic heterocycles. The first kappa shape index (κ1) is 25.8. The predicted octanol–water partition coefficient (Wildman–Crippen LogP) is 5.43. The fourth-order valence-electron chi connectivity index (χ4n) is 3.63. The Morgan fingerprint density at radius 2 is 1.74 bits per heavy atom. The number of rotatable bonds is 10. The number of aryl methyl sites for hydroxylation is 1. The van der Waals surface area contributed by atoms with Crippen molar-refractivity contribution in [1.29, 1.82) is 0 Å². The smallest absolute Gasteiger partial charge is 0.261 e. The third kappa shape index (κ3) is 6.84. The molecule has 0 saturated carbocycles. The minimum atomic E-state index is -0.731. The van der Waals surface area contributed by atoms with E-state index >= 15 is 0 Å². The Balaban J connectivity index is 1.88. The van der Waals surface area contributed by atoms with Crippen molar-refractivity contribution >= 4 is 39.3 Å². The number of amides is 2. The number of ether oxygens (including phenoxy) is 1. The largest absolute Gasteiger partial charge is 0.483 e. The number of nitrogens with one attached hydrogen (secondary N) is 1. The van der Waals surface area contributed by atoms with E-state index in [9.17, 15) is 9.59 Å². The van der Waals surface area contributed by atoms with Crippen LogP contribution in [0.25, 0.3) is 0 Å². The van der Waals surface area contributed by atoms with Crippen molar-refractivity contribution in [1.82, 2.24) is 10.2 Å². The second-order valence-electron chi connectivity index (χ2n) is 7.84. The number of halogens is 2. The van der Waals surface area contributed by atoms with E-state index in [1.165, 1.54) is 0 Å². The first-order chi connectivity index (χ1) is 16.4. The van der Waals surface area contributed by atoms with Gasteiger partial charge in [-0.05, 0) is 57.2 Å². The summed E-state index contributed by atoms with van der Waals surface area (Å²) in [6.45, 7) is 2.05.